The molecular weight excluding hydrogens is 413 g/mol. The Bertz CT molecular complexity index is 1150. The molecule has 32 heavy (non-hydrogen) atoms. The van der Waals surface area contributed by atoms with Crippen LogP contribution in [-0.4, -0.2) is 68.7 Å². The number of carbonyl (C=O) groups is 2. The highest BCUT2D eigenvalue weighted by atomic mass is 19.1. The van der Waals surface area contributed by atoms with E-state index in [1.807, 2.05) is 31.9 Å². The Morgan fingerprint density at radius 2 is 1.84 bits per heavy atom. The van der Waals surface area contributed by atoms with Crippen LogP contribution in [0.4, 0.5) is 20.6 Å². The molecule has 1 aromatic carbocycles. The summed E-state index contributed by atoms with van der Waals surface area (Å²) in [5, 5.41) is 10.9. The summed E-state index contributed by atoms with van der Waals surface area (Å²) in [5.74, 6) is -0.608. The molecule has 10 heteroatoms. The highest BCUT2D eigenvalue weighted by molar-refractivity contribution is 5.95. The number of amides is 3. The van der Waals surface area contributed by atoms with Gasteiger partial charge in [-0.3, -0.25) is 14.4 Å². The Labute approximate surface area is 185 Å². The lowest BCUT2D eigenvalue weighted by atomic mass is 10.2. The predicted molar refractivity (Wildman–Crippen MR) is 120 cm³/mol. The number of piperazine rings is 1. The SMILES string of the molecule is Cc1nn(C)c2ncc(NC(=O)N3CCN([C@@H](C)C(=O)Nc4cccc(F)c4)CC3)cc12. The standard InChI is InChI=1S/C22H26FN7O2/c1-14-19-12-18(13-24-20(19)28(3)27-14)26-22(32)30-9-7-29(8-10-30)15(2)21(31)25-17-6-4-5-16(23)11-17/h4-6,11-13,15H,7-10H2,1-3H3,(H,25,31)(H,26,32)/t15-/m0/s1. The van der Waals surface area contributed by atoms with E-state index in [2.05, 4.69) is 20.7 Å². The van der Waals surface area contributed by atoms with Crippen LogP contribution in [0, 0.1) is 12.7 Å². The predicted octanol–water partition coefficient (Wildman–Crippen LogP) is 2.59. The number of nitrogens with one attached hydrogen (secondary N) is 2. The minimum atomic E-state index is -0.400. The van der Waals surface area contributed by atoms with Crippen molar-refractivity contribution in [2.75, 3.05) is 36.8 Å². The fourth-order valence-corrected chi connectivity index (χ4v) is 3.87. The monoisotopic (exact) mass is 439 g/mol. The van der Waals surface area contributed by atoms with Gasteiger partial charge in [0.25, 0.3) is 0 Å². The molecule has 2 aromatic heterocycles. The number of urea groups is 1. The molecule has 1 fully saturated rings. The third-order valence-electron chi connectivity index (χ3n) is 5.74. The van der Waals surface area contributed by atoms with Crippen LogP contribution < -0.4 is 10.6 Å². The van der Waals surface area contributed by atoms with E-state index in [1.165, 1.54) is 12.1 Å². The summed E-state index contributed by atoms with van der Waals surface area (Å²) < 4.78 is 15.0. The van der Waals surface area contributed by atoms with E-state index < -0.39 is 11.9 Å². The molecule has 1 atom stereocenters. The van der Waals surface area contributed by atoms with Gasteiger partial charge in [0.15, 0.2) is 5.65 Å². The molecule has 0 bridgehead atoms. The molecule has 3 aromatic rings. The second kappa shape index (κ2) is 8.91. The number of hydrogen-bond acceptors (Lipinski definition) is 5. The minimum absolute atomic E-state index is 0.204. The van der Waals surface area contributed by atoms with Crippen molar-refractivity contribution in [3.8, 4) is 0 Å². The van der Waals surface area contributed by atoms with E-state index >= 15 is 0 Å². The molecular formula is C22H26FN7O2. The fourth-order valence-electron chi connectivity index (χ4n) is 3.87. The van der Waals surface area contributed by atoms with E-state index in [9.17, 15) is 14.0 Å². The fraction of sp³-hybridized carbons (Fsp3) is 0.364. The molecule has 4 rings (SSSR count). The van der Waals surface area contributed by atoms with Crippen LogP contribution in [0.2, 0.25) is 0 Å². The van der Waals surface area contributed by atoms with E-state index in [1.54, 1.807) is 27.9 Å². The maximum absolute atomic E-state index is 13.3. The first-order valence-corrected chi connectivity index (χ1v) is 10.5. The summed E-state index contributed by atoms with van der Waals surface area (Å²) in [6.45, 7) is 5.81. The van der Waals surface area contributed by atoms with Crippen molar-refractivity contribution in [2.45, 2.75) is 19.9 Å². The summed E-state index contributed by atoms with van der Waals surface area (Å²) in [6, 6.07) is 7.08. The zero-order chi connectivity index (χ0) is 22.8. The Morgan fingerprint density at radius 1 is 1.09 bits per heavy atom. The van der Waals surface area contributed by atoms with Gasteiger partial charge in [-0.2, -0.15) is 5.10 Å². The van der Waals surface area contributed by atoms with Crippen molar-refractivity contribution in [1.82, 2.24) is 24.6 Å². The van der Waals surface area contributed by atoms with E-state index in [0.29, 0.717) is 37.6 Å². The van der Waals surface area contributed by atoms with Crippen LogP contribution in [0.15, 0.2) is 36.5 Å². The number of carbonyl (C=O) groups excluding carboxylic acids is 2. The van der Waals surface area contributed by atoms with Crippen molar-refractivity contribution < 1.29 is 14.0 Å². The molecule has 0 unspecified atom stereocenters. The first-order valence-electron chi connectivity index (χ1n) is 10.5. The number of rotatable bonds is 4. The van der Waals surface area contributed by atoms with Crippen molar-refractivity contribution in [1.29, 1.82) is 0 Å². The molecule has 168 valence electrons. The lowest BCUT2D eigenvalue weighted by Crippen LogP contribution is -2.54. The van der Waals surface area contributed by atoms with Gasteiger partial charge in [-0.05, 0) is 38.1 Å². The number of nitrogens with zero attached hydrogens (tertiary/aromatic N) is 5. The molecule has 3 amide bonds. The molecule has 3 heterocycles. The first-order chi connectivity index (χ1) is 15.3. The quantitative estimate of drug-likeness (QED) is 0.652. The number of hydrogen-bond donors (Lipinski definition) is 2. The maximum Gasteiger partial charge on any atom is 0.321 e. The van der Waals surface area contributed by atoms with Crippen molar-refractivity contribution >= 4 is 34.3 Å². The van der Waals surface area contributed by atoms with Gasteiger partial charge in [0.2, 0.25) is 5.91 Å². The molecule has 0 radical (unpaired) electrons. The number of pyridine rings is 1. The van der Waals surface area contributed by atoms with Gasteiger partial charge in [0, 0.05) is 44.3 Å². The van der Waals surface area contributed by atoms with E-state index in [-0.39, 0.29) is 11.9 Å². The highest BCUT2D eigenvalue weighted by Gasteiger charge is 2.27. The highest BCUT2D eigenvalue weighted by Crippen LogP contribution is 2.20. The summed E-state index contributed by atoms with van der Waals surface area (Å²) in [6.07, 6.45) is 1.62. The largest absolute Gasteiger partial charge is 0.325 e. The van der Waals surface area contributed by atoms with Gasteiger partial charge in [-0.1, -0.05) is 6.07 Å². The van der Waals surface area contributed by atoms with Crippen LogP contribution in [0.3, 0.4) is 0 Å². The topological polar surface area (TPSA) is 95.4 Å². The molecule has 1 saturated heterocycles. The van der Waals surface area contributed by atoms with Crippen molar-refractivity contribution in [3.63, 3.8) is 0 Å². The normalized spacial score (nSPS) is 15.6. The third kappa shape index (κ3) is 4.54. The molecule has 0 saturated carbocycles. The maximum atomic E-state index is 13.3. The Kier molecular flexibility index (Phi) is 6.04. The smallest absolute Gasteiger partial charge is 0.321 e. The van der Waals surface area contributed by atoms with Crippen LogP contribution in [0.1, 0.15) is 12.6 Å². The first kappa shape index (κ1) is 21.7. The van der Waals surface area contributed by atoms with Crippen molar-refractivity contribution in [2.24, 2.45) is 7.05 Å². The Hall–Kier alpha value is -3.53. The molecule has 1 aliphatic rings. The van der Waals surface area contributed by atoms with Gasteiger partial charge >= 0.3 is 6.03 Å². The Morgan fingerprint density at radius 3 is 2.56 bits per heavy atom. The number of aryl methyl sites for hydroxylation is 2. The number of fused-ring (bicyclic) bond motifs is 1. The average molecular weight is 439 g/mol. The molecule has 0 aliphatic carbocycles. The van der Waals surface area contributed by atoms with Crippen LogP contribution in [0.25, 0.3) is 11.0 Å². The van der Waals surface area contributed by atoms with E-state index in [0.717, 1.165) is 16.7 Å². The van der Waals surface area contributed by atoms with Crippen LogP contribution >= 0.6 is 0 Å². The average Bonchev–Trinajstić information content (AvgIpc) is 3.06. The van der Waals surface area contributed by atoms with Crippen LogP contribution in [0.5, 0.6) is 0 Å². The lowest BCUT2D eigenvalue weighted by molar-refractivity contribution is -0.121. The molecule has 2 N–H and O–H groups in total. The number of halogens is 1. The molecule has 9 nitrogen and oxygen atoms in total. The van der Waals surface area contributed by atoms with Gasteiger partial charge < -0.3 is 15.5 Å². The molecule has 0 spiro atoms. The number of anilines is 2. The number of aromatic nitrogens is 3. The summed E-state index contributed by atoms with van der Waals surface area (Å²) in [5.41, 5.74) is 2.66. The second-order valence-corrected chi connectivity index (χ2v) is 7.93. The van der Waals surface area contributed by atoms with E-state index in [4.69, 9.17) is 0 Å². The zero-order valence-corrected chi connectivity index (χ0v) is 18.3. The van der Waals surface area contributed by atoms with Crippen LogP contribution in [-0.2, 0) is 11.8 Å². The Balaban J connectivity index is 1.31. The zero-order valence-electron chi connectivity index (χ0n) is 18.3. The molecule has 1 aliphatic heterocycles. The minimum Gasteiger partial charge on any atom is -0.325 e. The lowest BCUT2D eigenvalue weighted by Gasteiger charge is -2.37. The van der Waals surface area contributed by atoms with Gasteiger partial charge in [-0.15, -0.1) is 0 Å². The summed E-state index contributed by atoms with van der Waals surface area (Å²) in [4.78, 5) is 33.4. The van der Waals surface area contributed by atoms with Gasteiger partial charge in [-0.25, -0.2) is 14.2 Å². The summed E-state index contributed by atoms with van der Waals surface area (Å²) >= 11 is 0. The number of benzene rings is 1. The van der Waals surface area contributed by atoms with Gasteiger partial charge in [0.05, 0.1) is 23.6 Å². The second-order valence-electron chi connectivity index (χ2n) is 7.93. The summed E-state index contributed by atoms with van der Waals surface area (Å²) in [7, 11) is 1.83. The third-order valence-corrected chi connectivity index (χ3v) is 5.74. The van der Waals surface area contributed by atoms with Gasteiger partial charge in [0.1, 0.15) is 5.82 Å². The van der Waals surface area contributed by atoms with Crippen molar-refractivity contribution in [3.05, 3.63) is 48.0 Å².